The van der Waals surface area contributed by atoms with Crippen molar-refractivity contribution in [1.29, 1.82) is 0 Å². The number of nitrogens with one attached hydrogen (secondary N) is 1. The number of hydrogen-bond donors (Lipinski definition) is 1. The molecule has 194 valence electrons. The van der Waals surface area contributed by atoms with E-state index in [-0.39, 0.29) is 27.9 Å². The number of rotatable bonds is 3. The Labute approximate surface area is 218 Å². The van der Waals surface area contributed by atoms with Crippen LogP contribution in [0.2, 0.25) is 5.02 Å². The number of H-pyrrole nitrogens is 1. The molecule has 5 rings (SSSR count). The van der Waals surface area contributed by atoms with Crippen molar-refractivity contribution in [2.45, 2.75) is 33.3 Å². The number of aromatic nitrogens is 4. The van der Waals surface area contributed by atoms with Gasteiger partial charge in [-0.05, 0) is 39.3 Å². The highest BCUT2D eigenvalue weighted by Crippen LogP contribution is 2.47. The quantitative estimate of drug-likeness (QED) is 0.385. The normalized spacial score (nSPS) is 14.5. The van der Waals surface area contributed by atoms with Gasteiger partial charge in [0.25, 0.3) is 0 Å². The summed E-state index contributed by atoms with van der Waals surface area (Å²) in [6.07, 6.45) is 2.63. The molecule has 1 amide bonds. The summed E-state index contributed by atoms with van der Waals surface area (Å²) in [7, 11) is 1.49. The molecule has 1 fully saturated rings. The van der Waals surface area contributed by atoms with Crippen LogP contribution in [0.1, 0.15) is 26.3 Å². The van der Waals surface area contributed by atoms with Gasteiger partial charge in [0.15, 0.2) is 11.6 Å². The number of anilines is 1. The maximum absolute atomic E-state index is 16.3. The summed E-state index contributed by atoms with van der Waals surface area (Å²) in [5, 5.41) is 8.30. The van der Waals surface area contributed by atoms with Crippen LogP contribution >= 0.6 is 11.6 Å². The van der Waals surface area contributed by atoms with Crippen LogP contribution in [0.3, 0.4) is 0 Å². The van der Waals surface area contributed by atoms with E-state index in [1.165, 1.54) is 13.4 Å². The molecule has 9 nitrogen and oxygen atoms in total. The molecule has 1 aliphatic heterocycles. The first kappa shape index (κ1) is 25.0. The second kappa shape index (κ2) is 9.33. The van der Waals surface area contributed by atoms with Crippen molar-refractivity contribution in [2.75, 3.05) is 38.2 Å². The molecule has 1 aliphatic rings. The van der Waals surface area contributed by atoms with Gasteiger partial charge in [0, 0.05) is 42.7 Å². The van der Waals surface area contributed by atoms with E-state index >= 15 is 4.39 Å². The second-order valence-electron chi connectivity index (χ2n) is 10.0. The van der Waals surface area contributed by atoms with Gasteiger partial charge < -0.3 is 19.3 Å². The molecule has 0 radical (unpaired) electrons. The van der Waals surface area contributed by atoms with Crippen molar-refractivity contribution < 1.29 is 18.7 Å². The van der Waals surface area contributed by atoms with E-state index in [4.69, 9.17) is 21.1 Å². The number of nitrogens with zero attached hydrogens (tertiary/aromatic N) is 5. The minimum Gasteiger partial charge on any atom is -0.494 e. The number of piperazine rings is 1. The van der Waals surface area contributed by atoms with Crippen LogP contribution in [0.5, 0.6) is 5.75 Å². The minimum absolute atomic E-state index is 0.107. The molecule has 3 heterocycles. The standard InChI is InChI=1S/C26H28ClFN6O3/c1-14-6-7-16-15(12-31-32-16)17(14)18-20(27)23(36-5)19-22(21(18)28)29-13-30-24(19)33-8-10-34(11-9-33)25(35)37-26(2,3)4/h6-7,12-13H,8-11H2,1-5H3,(H,31,32). The van der Waals surface area contributed by atoms with Crippen LogP contribution < -0.4 is 9.64 Å². The average Bonchev–Trinajstić information content (AvgIpc) is 3.33. The summed E-state index contributed by atoms with van der Waals surface area (Å²) >= 11 is 6.87. The fourth-order valence-corrected chi connectivity index (χ4v) is 5.08. The van der Waals surface area contributed by atoms with E-state index < -0.39 is 11.4 Å². The minimum atomic E-state index is -0.574. The van der Waals surface area contributed by atoms with Gasteiger partial charge in [-0.3, -0.25) is 5.10 Å². The van der Waals surface area contributed by atoms with Crippen LogP contribution in [-0.4, -0.2) is 70.0 Å². The number of benzene rings is 2. The zero-order valence-electron chi connectivity index (χ0n) is 21.4. The lowest BCUT2D eigenvalue weighted by molar-refractivity contribution is 0.0240. The Bertz CT molecular complexity index is 1510. The first-order valence-corrected chi connectivity index (χ1v) is 12.3. The fourth-order valence-electron chi connectivity index (χ4n) is 4.73. The molecule has 2 aromatic carbocycles. The predicted octanol–water partition coefficient (Wildman–Crippen LogP) is 5.34. The van der Waals surface area contributed by atoms with Gasteiger partial charge in [-0.1, -0.05) is 17.7 Å². The van der Waals surface area contributed by atoms with Gasteiger partial charge in [0.1, 0.15) is 23.3 Å². The fraction of sp³-hybridized carbons (Fsp3) is 0.385. The van der Waals surface area contributed by atoms with Crippen molar-refractivity contribution in [3.05, 3.63) is 41.1 Å². The molecule has 0 aliphatic carbocycles. The average molecular weight is 527 g/mol. The van der Waals surface area contributed by atoms with E-state index in [2.05, 4.69) is 20.2 Å². The third-order valence-electron chi connectivity index (χ3n) is 6.42. The summed E-state index contributed by atoms with van der Waals surface area (Å²) in [6.45, 7) is 9.21. The van der Waals surface area contributed by atoms with Crippen molar-refractivity contribution in [3.63, 3.8) is 0 Å². The van der Waals surface area contributed by atoms with Gasteiger partial charge in [-0.15, -0.1) is 0 Å². The molecule has 1 N–H and O–H groups in total. The van der Waals surface area contributed by atoms with Gasteiger partial charge in [-0.25, -0.2) is 19.2 Å². The second-order valence-corrected chi connectivity index (χ2v) is 10.4. The molecule has 0 bridgehead atoms. The highest BCUT2D eigenvalue weighted by Gasteiger charge is 2.31. The SMILES string of the molecule is COc1c(Cl)c(-c2c(C)ccc3[nH]ncc23)c(F)c2ncnc(N3CCN(C(=O)OC(C)(C)C)CC3)c12. The molecular formula is C26H28ClFN6O3. The smallest absolute Gasteiger partial charge is 0.410 e. The highest BCUT2D eigenvalue weighted by atomic mass is 35.5. The number of amides is 1. The van der Waals surface area contributed by atoms with E-state index in [1.807, 2.05) is 44.7 Å². The number of hydrogen-bond acceptors (Lipinski definition) is 7. The lowest BCUT2D eigenvalue weighted by Gasteiger charge is -2.36. The van der Waals surface area contributed by atoms with Crippen LogP contribution in [-0.2, 0) is 4.74 Å². The zero-order chi connectivity index (χ0) is 26.5. The van der Waals surface area contributed by atoms with Crippen LogP contribution in [0.15, 0.2) is 24.7 Å². The van der Waals surface area contributed by atoms with Gasteiger partial charge in [0.05, 0.1) is 29.2 Å². The Morgan fingerprint density at radius 2 is 1.86 bits per heavy atom. The Hall–Kier alpha value is -3.66. The summed E-state index contributed by atoms with van der Waals surface area (Å²) in [6, 6.07) is 3.78. The number of fused-ring (bicyclic) bond motifs is 2. The van der Waals surface area contributed by atoms with Gasteiger partial charge in [-0.2, -0.15) is 5.10 Å². The lowest BCUT2D eigenvalue weighted by Crippen LogP contribution is -2.50. The van der Waals surface area contributed by atoms with E-state index in [0.717, 1.165) is 16.5 Å². The molecule has 4 aromatic rings. The molecule has 1 saturated heterocycles. The van der Waals surface area contributed by atoms with Gasteiger partial charge in [0.2, 0.25) is 0 Å². The number of aromatic amines is 1. The van der Waals surface area contributed by atoms with Crippen molar-refractivity contribution in [2.24, 2.45) is 0 Å². The molecule has 0 spiro atoms. The zero-order valence-corrected chi connectivity index (χ0v) is 22.1. The summed E-state index contributed by atoms with van der Waals surface area (Å²) in [5.74, 6) is 0.225. The lowest BCUT2D eigenvalue weighted by atomic mass is 9.94. The topological polar surface area (TPSA) is 96.5 Å². The molecule has 0 unspecified atom stereocenters. The molecule has 0 saturated carbocycles. The Morgan fingerprint density at radius 1 is 1.14 bits per heavy atom. The summed E-state index contributed by atoms with van der Waals surface area (Å²) in [4.78, 5) is 24.9. The Balaban J connectivity index is 1.59. The number of methoxy groups -OCH3 is 1. The van der Waals surface area contributed by atoms with Crippen molar-refractivity contribution >= 4 is 45.3 Å². The first-order chi connectivity index (χ1) is 17.6. The summed E-state index contributed by atoms with van der Waals surface area (Å²) in [5.41, 5.74) is 1.96. The summed E-state index contributed by atoms with van der Waals surface area (Å²) < 4.78 is 27.5. The molecule has 11 heteroatoms. The van der Waals surface area contributed by atoms with E-state index in [1.54, 1.807) is 11.1 Å². The molecule has 0 atom stereocenters. The number of aryl methyl sites for hydroxylation is 1. The van der Waals surface area contributed by atoms with Crippen molar-refractivity contribution in [1.82, 2.24) is 25.1 Å². The van der Waals surface area contributed by atoms with Crippen molar-refractivity contribution in [3.8, 4) is 16.9 Å². The van der Waals surface area contributed by atoms with Crippen LogP contribution in [0, 0.1) is 12.7 Å². The van der Waals surface area contributed by atoms with E-state index in [9.17, 15) is 4.79 Å². The van der Waals surface area contributed by atoms with Gasteiger partial charge >= 0.3 is 6.09 Å². The van der Waals surface area contributed by atoms with Crippen LogP contribution in [0.25, 0.3) is 32.9 Å². The Morgan fingerprint density at radius 3 is 2.54 bits per heavy atom. The Kier molecular flexibility index (Phi) is 6.31. The monoisotopic (exact) mass is 526 g/mol. The maximum atomic E-state index is 16.3. The number of halogens is 2. The highest BCUT2D eigenvalue weighted by molar-refractivity contribution is 6.37. The molecular weight excluding hydrogens is 499 g/mol. The molecule has 2 aromatic heterocycles. The largest absolute Gasteiger partial charge is 0.494 e. The third kappa shape index (κ3) is 4.39. The maximum Gasteiger partial charge on any atom is 0.410 e. The number of carbonyl (C=O) groups is 1. The predicted molar refractivity (Wildman–Crippen MR) is 141 cm³/mol. The van der Waals surface area contributed by atoms with E-state index in [0.29, 0.717) is 42.9 Å². The van der Waals surface area contributed by atoms with Crippen LogP contribution in [0.4, 0.5) is 15.0 Å². The molecule has 37 heavy (non-hydrogen) atoms. The number of carbonyl (C=O) groups excluding carboxylic acids is 1. The number of ether oxygens (including phenoxy) is 2. The first-order valence-electron chi connectivity index (χ1n) is 12.0. The third-order valence-corrected chi connectivity index (χ3v) is 6.78.